The molecule has 0 aliphatic carbocycles. The predicted molar refractivity (Wildman–Crippen MR) is 153 cm³/mol. The first-order chi connectivity index (χ1) is 21.9. The minimum atomic E-state index is -5.17. The number of amides is 3. The van der Waals surface area contributed by atoms with Crippen LogP contribution in [0.1, 0.15) is 25.3 Å². The monoisotopic (exact) mass is 700 g/mol. The third kappa shape index (κ3) is 7.56. The first kappa shape index (κ1) is 34.1. The molecule has 0 spiro atoms. The number of nitrogens with two attached hydrogens (primary N) is 1. The van der Waals surface area contributed by atoms with Crippen LogP contribution in [0.15, 0.2) is 38.2 Å². The van der Waals surface area contributed by atoms with Crippen LogP contribution in [0.2, 0.25) is 0 Å². The van der Waals surface area contributed by atoms with Gasteiger partial charge in [0.2, 0.25) is 11.0 Å². The van der Waals surface area contributed by atoms with Crippen LogP contribution in [0.3, 0.4) is 0 Å². The Morgan fingerprint density at radius 3 is 2.57 bits per heavy atom. The fraction of sp³-hybridized carbons (Fsp3) is 0.304. The third-order valence-corrected chi connectivity index (χ3v) is 7.82. The Kier molecular flexibility index (Phi) is 9.39. The van der Waals surface area contributed by atoms with Gasteiger partial charge < -0.3 is 45.9 Å². The number of hydrogen-bond donors (Lipinski definition) is 7. The highest BCUT2D eigenvalue weighted by Gasteiger charge is 2.54. The number of aromatic nitrogens is 3. The van der Waals surface area contributed by atoms with Crippen molar-refractivity contribution in [1.82, 2.24) is 29.8 Å². The van der Waals surface area contributed by atoms with Crippen LogP contribution in [0.5, 0.6) is 5.75 Å². The van der Waals surface area contributed by atoms with Gasteiger partial charge in [0, 0.05) is 24.1 Å². The van der Waals surface area contributed by atoms with Crippen LogP contribution in [-0.4, -0.2) is 101 Å². The number of ether oxygens (including phenoxy) is 1. The molecule has 0 bridgehead atoms. The number of aromatic hydroxyl groups is 1. The molecular formula is C23H24N8O14S2. The van der Waals surface area contributed by atoms with E-state index in [1.165, 1.54) is 11.4 Å². The smallest absolute Gasteiger partial charge is 0.407 e. The Bertz CT molecular complexity index is 1930. The Morgan fingerprint density at radius 2 is 1.96 bits per heavy atom. The number of alkyl carbamates (subject to hydrolysis) is 1. The number of carbonyl (C=O) groups excluding carboxylic acids is 3. The van der Waals surface area contributed by atoms with Crippen molar-refractivity contribution in [3.05, 3.63) is 45.4 Å². The van der Waals surface area contributed by atoms with Gasteiger partial charge >= 0.3 is 22.4 Å². The van der Waals surface area contributed by atoms with Crippen molar-refractivity contribution < 1.29 is 61.7 Å². The van der Waals surface area contributed by atoms with E-state index in [9.17, 15) is 52.4 Å². The minimum Gasteiger partial charge on any atom is -0.503 e. The van der Waals surface area contributed by atoms with E-state index in [1.807, 2.05) is 0 Å². The Labute approximate surface area is 265 Å². The second-order valence-electron chi connectivity index (χ2n) is 9.94. The van der Waals surface area contributed by atoms with Crippen LogP contribution in [-0.2, 0) is 40.9 Å². The summed E-state index contributed by atoms with van der Waals surface area (Å²) in [5, 5.41) is 41.3. The lowest BCUT2D eigenvalue weighted by Gasteiger charge is -2.44. The number of carboxylic acids is 1. The molecule has 3 aromatic heterocycles. The molecule has 24 heteroatoms. The number of carboxylic acid groups (broad SMARTS) is 1. The summed E-state index contributed by atoms with van der Waals surface area (Å²) in [6.07, 6.45) is -0.459. The van der Waals surface area contributed by atoms with Gasteiger partial charge in [-0.2, -0.15) is 13.1 Å². The van der Waals surface area contributed by atoms with E-state index in [0.29, 0.717) is 4.73 Å². The second kappa shape index (κ2) is 12.9. The molecule has 0 unspecified atom stereocenters. The Balaban J connectivity index is 1.43. The molecule has 1 saturated heterocycles. The molecule has 47 heavy (non-hydrogen) atoms. The maximum absolute atomic E-state index is 13.1. The minimum absolute atomic E-state index is 0.00525. The predicted octanol–water partition coefficient (Wildman–Crippen LogP) is -1.51. The van der Waals surface area contributed by atoms with Crippen molar-refractivity contribution in [2.24, 2.45) is 5.16 Å². The van der Waals surface area contributed by atoms with E-state index in [1.54, 1.807) is 0 Å². The van der Waals surface area contributed by atoms with Gasteiger partial charge in [-0.3, -0.25) is 18.9 Å². The summed E-state index contributed by atoms with van der Waals surface area (Å²) in [6, 6.07) is -1.19. The average Bonchev–Trinajstić information content (AvgIpc) is 3.62. The Hall–Kier alpha value is -5.75. The number of oxime groups is 1. The fourth-order valence-electron chi connectivity index (χ4n) is 3.75. The highest BCUT2D eigenvalue weighted by molar-refractivity contribution is 7.84. The van der Waals surface area contributed by atoms with Gasteiger partial charge in [0.1, 0.15) is 23.1 Å². The van der Waals surface area contributed by atoms with Gasteiger partial charge in [-0.25, -0.2) is 18.9 Å². The maximum atomic E-state index is 13.1. The summed E-state index contributed by atoms with van der Waals surface area (Å²) in [4.78, 5) is 70.1. The number of β-lactam (4-membered cyclic amide) rings is 1. The molecule has 0 radical (unpaired) electrons. The van der Waals surface area contributed by atoms with Crippen LogP contribution in [0, 0.1) is 0 Å². The van der Waals surface area contributed by atoms with Crippen LogP contribution in [0.4, 0.5) is 9.93 Å². The topological polar surface area (TPSA) is 328 Å². The number of carbonyl (C=O) groups is 4. The first-order valence-corrected chi connectivity index (χ1v) is 15.0. The summed E-state index contributed by atoms with van der Waals surface area (Å²) in [5.74, 6) is -4.72. The molecular weight excluding hydrogens is 676 g/mol. The number of thiazole rings is 1. The number of aliphatic carboxylic acids is 1. The number of hydrogen-bond acceptors (Lipinski definition) is 17. The zero-order valence-corrected chi connectivity index (χ0v) is 25.5. The quantitative estimate of drug-likeness (QED) is 0.0371. The van der Waals surface area contributed by atoms with Gasteiger partial charge in [0.25, 0.3) is 11.8 Å². The molecule has 2 atom stereocenters. The molecule has 1 aliphatic rings. The van der Waals surface area contributed by atoms with E-state index in [-0.39, 0.29) is 32.3 Å². The normalized spacial score (nSPS) is 16.7. The summed E-state index contributed by atoms with van der Waals surface area (Å²) in [5.41, 5.74) is 1.84. The number of nitrogens with one attached hydrogen (secondary N) is 2. The second-order valence-corrected chi connectivity index (χ2v) is 12.1. The highest BCUT2D eigenvalue weighted by atomic mass is 32.2. The average molecular weight is 701 g/mol. The number of nitrogen functional groups attached to an aromatic ring is 1. The Morgan fingerprint density at radius 1 is 1.26 bits per heavy atom. The fourth-order valence-corrected chi connectivity index (χ4v) is 5.18. The van der Waals surface area contributed by atoms with Crippen molar-refractivity contribution in [3.8, 4) is 17.1 Å². The summed E-state index contributed by atoms with van der Waals surface area (Å²) in [6.45, 7) is 1.00. The summed E-state index contributed by atoms with van der Waals surface area (Å²) >= 11 is 0.890. The lowest BCUT2D eigenvalue weighted by Crippen LogP contribution is -2.74. The van der Waals surface area contributed by atoms with Crippen LogP contribution < -0.4 is 21.8 Å². The largest absolute Gasteiger partial charge is 0.503 e. The lowest BCUT2D eigenvalue weighted by molar-refractivity contribution is -0.161. The molecule has 252 valence electrons. The van der Waals surface area contributed by atoms with Crippen molar-refractivity contribution >= 4 is 56.4 Å². The molecule has 3 amide bonds. The van der Waals surface area contributed by atoms with Crippen molar-refractivity contribution in [2.45, 2.75) is 38.1 Å². The molecule has 3 aromatic rings. The highest BCUT2D eigenvalue weighted by Crippen LogP contribution is 2.24. The van der Waals surface area contributed by atoms with E-state index in [4.69, 9.17) is 19.8 Å². The van der Waals surface area contributed by atoms with Crippen molar-refractivity contribution in [2.75, 3.05) is 12.3 Å². The summed E-state index contributed by atoms with van der Waals surface area (Å²) < 4.78 is 43.6. The number of rotatable bonds is 12. The number of pyridine rings is 1. The maximum Gasteiger partial charge on any atom is 0.407 e. The molecule has 0 aromatic carbocycles. The standard InChI is InChI=1S/C23H24N8O14S2/c1-23(2,20(36)37)45-29-16(11-8-46-21(24)26-11)18(34)27-17-13(31(19(17)35)47(40,41)42)5-25-22(38)43-7-9-3-10(28-44-9)12-4-14(32)15(33)6-30(12)39/h3-4,6,8,13,17,33,39H,5,7H2,1-2H3,(H2,24,26)(H,25,38)(H,27,34)(H,36,37)(H,40,41,42)/b29-16-/t13-,17+/m1/s1. The summed E-state index contributed by atoms with van der Waals surface area (Å²) in [7, 11) is -5.17. The molecule has 1 fully saturated rings. The van der Waals surface area contributed by atoms with Gasteiger partial charge in [-0.1, -0.05) is 10.3 Å². The molecule has 4 heterocycles. The van der Waals surface area contributed by atoms with Gasteiger partial charge in [-0.05, 0) is 13.8 Å². The van der Waals surface area contributed by atoms with Crippen molar-refractivity contribution in [3.63, 3.8) is 0 Å². The van der Waals surface area contributed by atoms with Crippen LogP contribution in [0.25, 0.3) is 11.4 Å². The third-order valence-electron chi connectivity index (χ3n) is 6.20. The van der Waals surface area contributed by atoms with Gasteiger partial charge in [0.15, 0.2) is 29.0 Å². The van der Waals surface area contributed by atoms with Crippen LogP contribution >= 0.6 is 11.3 Å². The molecule has 22 nitrogen and oxygen atoms in total. The van der Waals surface area contributed by atoms with Gasteiger partial charge in [-0.15, -0.1) is 11.3 Å². The van der Waals surface area contributed by atoms with E-state index in [2.05, 4.69) is 25.9 Å². The zero-order chi connectivity index (χ0) is 34.8. The molecule has 1 aliphatic heterocycles. The van der Waals surface area contributed by atoms with Crippen molar-refractivity contribution in [1.29, 1.82) is 0 Å². The van der Waals surface area contributed by atoms with Gasteiger partial charge in [0.05, 0.1) is 12.2 Å². The number of anilines is 1. The first-order valence-electron chi connectivity index (χ1n) is 12.7. The molecule has 4 rings (SSSR count). The van der Waals surface area contributed by atoms with E-state index < -0.39 is 81.9 Å². The zero-order valence-electron chi connectivity index (χ0n) is 23.9. The molecule has 0 saturated carbocycles. The van der Waals surface area contributed by atoms with E-state index in [0.717, 1.165) is 37.4 Å². The van der Waals surface area contributed by atoms with E-state index >= 15 is 0 Å². The number of nitrogens with zero attached hydrogens (tertiary/aromatic N) is 5. The lowest BCUT2D eigenvalue weighted by atomic mass is 9.98. The SMILES string of the molecule is CC(C)(O/N=C(\C(=O)N[C@@H]1C(=O)N(S(=O)(=O)O)[C@@H]1CNC(=O)OCc1cc(-c2cc(=O)c(O)cn2O)no1)c1csc(N)n1)C(=O)O. The molecule has 8 N–H and O–H groups in total.